The van der Waals surface area contributed by atoms with Crippen LogP contribution in [-0.2, 0) is 0 Å². The van der Waals surface area contributed by atoms with E-state index in [-0.39, 0.29) is 6.04 Å². The number of rotatable bonds is 3. The Labute approximate surface area is 95.7 Å². The minimum atomic E-state index is 0.254. The summed E-state index contributed by atoms with van der Waals surface area (Å²) in [6.07, 6.45) is 0.927. The summed E-state index contributed by atoms with van der Waals surface area (Å²) in [4.78, 5) is 0. The zero-order valence-electron chi connectivity index (χ0n) is 9.53. The minimum absolute atomic E-state index is 0.254. The molecule has 4 heteroatoms. The second-order valence-electron chi connectivity index (χ2n) is 3.99. The molecule has 0 aliphatic carbocycles. The number of benzene rings is 1. The quantitative estimate of drug-likeness (QED) is 0.815. The molecule has 1 unspecified atom stereocenters. The van der Waals surface area contributed by atoms with Crippen molar-refractivity contribution in [2.24, 2.45) is 5.73 Å². The van der Waals surface area contributed by atoms with Gasteiger partial charge in [0.25, 0.3) is 0 Å². The van der Waals surface area contributed by atoms with Crippen LogP contribution in [0.5, 0.6) is 11.5 Å². The van der Waals surface area contributed by atoms with Crippen LogP contribution in [0, 0.1) is 0 Å². The van der Waals surface area contributed by atoms with E-state index in [1.54, 1.807) is 0 Å². The van der Waals surface area contributed by atoms with Gasteiger partial charge in [0.1, 0.15) is 0 Å². The molecule has 1 aromatic rings. The summed E-state index contributed by atoms with van der Waals surface area (Å²) in [6, 6.07) is 6.14. The normalized spacial score (nSPS) is 16.4. The third kappa shape index (κ3) is 2.58. The summed E-state index contributed by atoms with van der Waals surface area (Å²) < 4.78 is 11.2. The van der Waals surface area contributed by atoms with Crippen LogP contribution in [0.1, 0.15) is 13.3 Å². The van der Waals surface area contributed by atoms with E-state index >= 15 is 0 Å². The highest BCUT2D eigenvalue weighted by Gasteiger charge is 2.11. The Bertz CT molecular complexity index is 355. The minimum Gasteiger partial charge on any atom is -0.490 e. The van der Waals surface area contributed by atoms with E-state index in [0.717, 1.165) is 30.2 Å². The number of ether oxygens (including phenoxy) is 2. The topological polar surface area (TPSA) is 56.5 Å². The molecule has 16 heavy (non-hydrogen) atoms. The standard InChI is InChI=1S/C12H18N2O2/c1-9(8-13)14-10-3-4-11-12(7-10)16-6-2-5-15-11/h3-4,7,9,14H,2,5-6,8,13H2,1H3. The molecule has 1 atom stereocenters. The Morgan fingerprint density at radius 1 is 1.31 bits per heavy atom. The van der Waals surface area contributed by atoms with Gasteiger partial charge >= 0.3 is 0 Å². The third-order valence-corrected chi connectivity index (χ3v) is 2.51. The van der Waals surface area contributed by atoms with Crippen LogP contribution in [0.15, 0.2) is 18.2 Å². The average Bonchev–Trinajstić information content (AvgIpc) is 2.53. The summed E-state index contributed by atoms with van der Waals surface area (Å²) >= 11 is 0. The molecule has 0 saturated carbocycles. The maximum atomic E-state index is 5.61. The molecule has 1 aliphatic rings. The van der Waals surface area contributed by atoms with E-state index in [2.05, 4.69) is 5.32 Å². The lowest BCUT2D eigenvalue weighted by Gasteiger charge is -2.14. The maximum absolute atomic E-state index is 5.61. The molecule has 4 nitrogen and oxygen atoms in total. The van der Waals surface area contributed by atoms with E-state index in [0.29, 0.717) is 13.2 Å². The Morgan fingerprint density at radius 2 is 2.06 bits per heavy atom. The highest BCUT2D eigenvalue weighted by molar-refractivity contribution is 5.55. The van der Waals surface area contributed by atoms with Gasteiger partial charge in [-0.1, -0.05) is 0 Å². The first-order valence-electron chi connectivity index (χ1n) is 5.66. The first-order chi connectivity index (χ1) is 7.79. The van der Waals surface area contributed by atoms with Crippen LogP contribution in [0.25, 0.3) is 0 Å². The highest BCUT2D eigenvalue weighted by atomic mass is 16.5. The first-order valence-corrected chi connectivity index (χ1v) is 5.66. The summed E-state index contributed by atoms with van der Waals surface area (Å²) in [5.74, 6) is 1.63. The number of hydrogen-bond donors (Lipinski definition) is 2. The lowest BCUT2D eigenvalue weighted by Crippen LogP contribution is -2.25. The molecule has 0 saturated heterocycles. The van der Waals surface area contributed by atoms with Crippen molar-refractivity contribution in [1.29, 1.82) is 0 Å². The molecule has 88 valence electrons. The van der Waals surface area contributed by atoms with E-state index in [1.165, 1.54) is 0 Å². The molecule has 0 fully saturated rings. The summed E-state index contributed by atoms with van der Waals surface area (Å²) in [7, 11) is 0. The van der Waals surface area contributed by atoms with Gasteiger partial charge in [-0.3, -0.25) is 0 Å². The smallest absolute Gasteiger partial charge is 0.163 e. The Kier molecular flexibility index (Phi) is 3.51. The molecular weight excluding hydrogens is 204 g/mol. The monoisotopic (exact) mass is 222 g/mol. The van der Waals surface area contributed by atoms with Crippen molar-refractivity contribution in [2.45, 2.75) is 19.4 Å². The van der Waals surface area contributed by atoms with Gasteiger partial charge < -0.3 is 20.5 Å². The third-order valence-electron chi connectivity index (χ3n) is 2.51. The molecule has 1 heterocycles. The van der Waals surface area contributed by atoms with Crippen molar-refractivity contribution in [2.75, 3.05) is 25.1 Å². The van der Waals surface area contributed by atoms with Crippen LogP contribution in [-0.4, -0.2) is 25.8 Å². The van der Waals surface area contributed by atoms with Gasteiger partial charge in [-0.05, 0) is 19.1 Å². The lowest BCUT2D eigenvalue weighted by atomic mass is 10.2. The van der Waals surface area contributed by atoms with Gasteiger partial charge in [0.15, 0.2) is 11.5 Å². The number of fused-ring (bicyclic) bond motifs is 1. The fourth-order valence-corrected chi connectivity index (χ4v) is 1.60. The molecule has 0 bridgehead atoms. The van der Waals surface area contributed by atoms with Crippen LogP contribution < -0.4 is 20.5 Å². The number of nitrogens with one attached hydrogen (secondary N) is 1. The molecule has 0 amide bonds. The first kappa shape index (κ1) is 11.1. The molecule has 0 radical (unpaired) electrons. The summed E-state index contributed by atoms with van der Waals surface area (Å²) in [6.45, 7) is 4.08. The van der Waals surface area contributed by atoms with Gasteiger partial charge in [0.05, 0.1) is 13.2 Å². The molecule has 2 rings (SSSR count). The SMILES string of the molecule is CC(CN)Nc1ccc2c(c1)OCCCO2. The summed E-state index contributed by atoms with van der Waals surface area (Å²) in [5.41, 5.74) is 6.58. The molecule has 1 aromatic carbocycles. The second-order valence-corrected chi connectivity index (χ2v) is 3.99. The Morgan fingerprint density at radius 3 is 2.81 bits per heavy atom. The van der Waals surface area contributed by atoms with Crippen molar-refractivity contribution in [3.8, 4) is 11.5 Å². The van der Waals surface area contributed by atoms with E-state index in [9.17, 15) is 0 Å². The number of nitrogens with two attached hydrogens (primary N) is 1. The van der Waals surface area contributed by atoms with Crippen molar-refractivity contribution in [3.05, 3.63) is 18.2 Å². The van der Waals surface area contributed by atoms with E-state index in [4.69, 9.17) is 15.2 Å². The van der Waals surface area contributed by atoms with Crippen LogP contribution >= 0.6 is 0 Å². The number of hydrogen-bond acceptors (Lipinski definition) is 4. The molecule has 0 spiro atoms. The lowest BCUT2D eigenvalue weighted by molar-refractivity contribution is 0.297. The van der Waals surface area contributed by atoms with Gasteiger partial charge in [0.2, 0.25) is 0 Å². The molecular formula is C12H18N2O2. The average molecular weight is 222 g/mol. The molecule has 1 aliphatic heterocycles. The maximum Gasteiger partial charge on any atom is 0.163 e. The van der Waals surface area contributed by atoms with E-state index < -0.39 is 0 Å². The van der Waals surface area contributed by atoms with Crippen molar-refractivity contribution in [3.63, 3.8) is 0 Å². The predicted octanol–water partition coefficient (Wildman–Crippen LogP) is 1.61. The number of anilines is 1. The zero-order chi connectivity index (χ0) is 11.4. The second kappa shape index (κ2) is 5.07. The van der Waals surface area contributed by atoms with E-state index in [1.807, 2.05) is 25.1 Å². The zero-order valence-corrected chi connectivity index (χ0v) is 9.53. The largest absolute Gasteiger partial charge is 0.490 e. The van der Waals surface area contributed by atoms with Crippen LogP contribution in [0.4, 0.5) is 5.69 Å². The van der Waals surface area contributed by atoms with Gasteiger partial charge in [0, 0.05) is 30.8 Å². The predicted molar refractivity (Wildman–Crippen MR) is 64.2 cm³/mol. The van der Waals surface area contributed by atoms with Gasteiger partial charge in [-0.2, -0.15) is 0 Å². The Hall–Kier alpha value is -1.42. The van der Waals surface area contributed by atoms with Crippen molar-refractivity contribution in [1.82, 2.24) is 0 Å². The Balaban J connectivity index is 2.14. The fraction of sp³-hybridized carbons (Fsp3) is 0.500. The van der Waals surface area contributed by atoms with Crippen molar-refractivity contribution >= 4 is 5.69 Å². The van der Waals surface area contributed by atoms with Crippen LogP contribution in [0.3, 0.4) is 0 Å². The van der Waals surface area contributed by atoms with Crippen LogP contribution in [0.2, 0.25) is 0 Å². The highest BCUT2D eigenvalue weighted by Crippen LogP contribution is 2.32. The van der Waals surface area contributed by atoms with Gasteiger partial charge in [-0.25, -0.2) is 0 Å². The van der Waals surface area contributed by atoms with Gasteiger partial charge in [-0.15, -0.1) is 0 Å². The fourth-order valence-electron chi connectivity index (χ4n) is 1.60. The van der Waals surface area contributed by atoms with Crippen molar-refractivity contribution < 1.29 is 9.47 Å². The molecule has 3 N–H and O–H groups in total. The summed E-state index contributed by atoms with van der Waals surface area (Å²) in [5, 5.41) is 3.30. The molecule has 0 aromatic heterocycles.